The fourth-order valence-corrected chi connectivity index (χ4v) is 3.17. The van der Waals surface area contributed by atoms with E-state index in [1.54, 1.807) is 0 Å². The van der Waals surface area contributed by atoms with Crippen molar-refractivity contribution in [1.82, 2.24) is 4.90 Å². The Hall–Kier alpha value is -1.20. The van der Waals surface area contributed by atoms with E-state index in [-0.39, 0.29) is 40.6 Å². The fraction of sp³-hybridized carbons (Fsp3) is 0.400. The van der Waals surface area contributed by atoms with E-state index in [1.807, 2.05) is 41.2 Å². The lowest BCUT2D eigenvalue weighted by Gasteiger charge is -2.17. The van der Waals surface area contributed by atoms with Gasteiger partial charge in [-0.1, -0.05) is 23.7 Å². The maximum Gasteiger partial charge on any atom is 0.233 e. The number of aromatic nitrogens is 1. The Balaban J connectivity index is 0.00000161. The second kappa shape index (κ2) is 6.71. The van der Waals surface area contributed by atoms with Gasteiger partial charge in [0, 0.05) is 17.2 Å². The quantitative estimate of drug-likeness (QED) is 0.479. The van der Waals surface area contributed by atoms with E-state index in [0.717, 1.165) is 0 Å². The van der Waals surface area contributed by atoms with Gasteiger partial charge in [-0.3, -0.25) is 14.5 Å². The lowest BCUT2D eigenvalue weighted by atomic mass is 9.85. The number of carbonyl (C=O) groups excluding carboxylic acids is 2. The van der Waals surface area contributed by atoms with Crippen LogP contribution in [0.5, 0.6) is 0 Å². The highest BCUT2D eigenvalue weighted by Gasteiger charge is 2.48. The Labute approximate surface area is 139 Å². The van der Waals surface area contributed by atoms with Crippen LogP contribution < -0.4 is 21.5 Å². The highest BCUT2D eigenvalue weighted by molar-refractivity contribution is 6.30. The molecule has 2 heterocycles. The van der Waals surface area contributed by atoms with Crippen LogP contribution in [0, 0.1) is 11.8 Å². The van der Waals surface area contributed by atoms with Crippen molar-refractivity contribution >= 4 is 23.4 Å². The molecule has 1 saturated heterocycles. The van der Waals surface area contributed by atoms with Gasteiger partial charge >= 0.3 is 0 Å². The molecule has 0 N–H and O–H groups in total. The van der Waals surface area contributed by atoms with Gasteiger partial charge in [0.1, 0.15) is 0 Å². The average Bonchev–Trinajstić information content (AvgIpc) is 2.70. The summed E-state index contributed by atoms with van der Waals surface area (Å²) in [6.07, 6.45) is 6.81. The van der Waals surface area contributed by atoms with Crippen LogP contribution in [0.15, 0.2) is 41.7 Å². The summed E-state index contributed by atoms with van der Waals surface area (Å²) < 4.78 is 1.97. The van der Waals surface area contributed by atoms with Gasteiger partial charge in [-0.25, -0.2) is 4.57 Å². The Morgan fingerprint density at radius 2 is 1.81 bits per heavy atom. The minimum atomic E-state index is -0.249. The lowest BCUT2D eigenvalue weighted by molar-refractivity contribution is -0.696. The lowest BCUT2D eigenvalue weighted by Crippen LogP contribution is -3.00. The second-order valence-corrected chi connectivity index (χ2v) is 5.73. The normalized spacial score (nSPS) is 24.4. The van der Waals surface area contributed by atoms with E-state index in [4.69, 9.17) is 11.6 Å². The third-order valence-corrected chi connectivity index (χ3v) is 4.33. The van der Waals surface area contributed by atoms with E-state index in [0.29, 0.717) is 31.0 Å². The van der Waals surface area contributed by atoms with Gasteiger partial charge in [-0.15, -0.1) is 0 Å². The molecule has 2 unspecified atom stereocenters. The van der Waals surface area contributed by atoms with Gasteiger partial charge in [0.2, 0.25) is 11.8 Å². The molecule has 0 bridgehead atoms. The van der Waals surface area contributed by atoms with Crippen LogP contribution in [-0.2, 0) is 16.1 Å². The number of likely N-dealkylation sites (tertiary alicyclic amines) is 1. The fourth-order valence-electron chi connectivity index (χ4n) is 2.92. The summed E-state index contributed by atoms with van der Waals surface area (Å²) in [5.74, 6) is -0.564. The SMILES string of the molecule is O=C1C2CC=C(Cl)CC2C(=O)N1CC[n+]1ccccc1.[Br-]. The smallest absolute Gasteiger partial charge is 0.233 e. The largest absolute Gasteiger partial charge is 1.00 e. The minimum Gasteiger partial charge on any atom is -1.00 e. The van der Waals surface area contributed by atoms with Crippen LogP contribution in [-0.4, -0.2) is 23.3 Å². The van der Waals surface area contributed by atoms with Gasteiger partial charge in [0.25, 0.3) is 0 Å². The van der Waals surface area contributed by atoms with Crippen LogP contribution in [0.3, 0.4) is 0 Å². The van der Waals surface area contributed by atoms with Gasteiger partial charge in [-0.05, 0) is 12.8 Å². The summed E-state index contributed by atoms with van der Waals surface area (Å²) in [6.45, 7) is 1.05. The van der Waals surface area contributed by atoms with Crippen molar-refractivity contribution in [2.75, 3.05) is 6.54 Å². The summed E-state index contributed by atoms with van der Waals surface area (Å²) in [5, 5.41) is 0.701. The molecule has 3 rings (SSSR count). The van der Waals surface area contributed by atoms with Crippen molar-refractivity contribution < 1.29 is 31.1 Å². The highest BCUT2D eigenvalue weighted by atomic mass is 79.9. The molecule has 4 nitrogen and oxygen atoms in total. The van der Waals surface area contributed by atoms with Crippen molar-refractivity contribution in [3.8, 4) is 0 Å². The van der Waals surface area contributed by atoms with Gasteiger partial charge in [0.05, 0.1) is 18.4 Å². The summed E-state index contributed by atoms with van der Waals surface area (Å²) in [5.41, 5.74) is 0. The van der Waals surface area contributed by atoms with E-state index >= 15 is 0 Å². The first-order chi connectivity index (χ1) is 9.66. The zero-order valence-electron chi connectivity index (χ0n) is 11.4. The molecule has 0 radical (unpaired) electrons. The van der Waals surface area contributed by atoms with Crippen LogP contribution in [0.25, 0.3) is 0 Å². The van der Waals surface area contributed by atoms with E-state index in [9.17, 15) is 9.59 Å². The number of imide groups is 1. The number of hydrogen-bond donors (Lipinski definition) is 0. The van der Waals surface area contributed by atoms with Crippen LogP contribution >= 0.6 is 11.6 Å². The number of hydrogen-bond acceptors (Lipinski definition) is 2. The van der Waals surface area contributed by atoms with Crippen molar-refractivity contribution in [2.45, 2.75) is 19.4 Å². The van der Waals surface area contributed by atoms with Crippen LogP contribution in [0.4, 0.5) is 0 Å². The Kier molecular flexibility index (Phi) is 5.17. The Morgan fingerprint density at radius 1 is 1.14 bits per heavy atom. The predicted octanol–water partition coefficient (Wildman–Crippen LogP) is -1.50. The molecule has 2 atom stereocenters. The Morgan fingerprint density at radius 3 is 2.52 bits per heavy atom. The van der Waals surface area contributed by atoms with Gasteiger partial charge < -0.3 is 17.0 Å². The van der Waals surface area contributed by atoms with Gasteiger partial charge in [-0.2, -0.15) is 0 Å². The molecule has 6 heteroatoms. The minimum absolute atomic E-state index is 0. The second-order valence-electron chi connectivity index (χ2n) is 5.25. The highest BCUT2D eigenvalue weighted by Crippen LogP contribution is 2.38. The number of amides is 2. The number of halogens is 2. The van der Waals surface area contributed by atoms with Crippen LogP contribution in [0.2, 0.25) is 0 Å². The molecular formula is C15H16BrClN2O2. The van der Waals surface area contributed by atoms with E-state index in [1.165, 1.54) is 4.90 Å². The summed E-state index contributed by atoms with van der Waals surface area (Å²) in [7, 11) is 0. The molecule has 1 aromatic heterocycles. The number of pyridine rings is 1. The Bertz CT molecular complexity index is 576. The number of fused-ring (bicyclic) bond motifs is 1. The summed E-state index contributed by atoms with van der Waals surface area (Å²) >= 11 is 5.99. The molecule has 2 aliphatic rings. The van der Waals surface area contributed by atoms with E-state index < -0.39 is 0 Å². The van der Waals surface area contributed by atoms with Crippen molar-refractivity contribution in [3.63, 3.8) is 0 Å². The molecule has 0 spiro atoms. The first-order valence-electron chi connectivity index (χ1n) is 6.80. The summed E-state index contributed by atoms with van der Waals surface area (Å²) in [6, 6.07) is 5.79. The molecule has 1 aliphatic carbocycles. The number of carbonyl (C=O) groups is 2. The molecule has 112 valence electrons. The molecule has 21 heavy (non-hydrogen) atoms. The predicted molar refractivity (Wildman–Crippen MR) is 73.5 cm³/mol. The maximum absolute atomic E-state index is 12.3. The first-order valence-corrected chi connectivity index (χ1v) is 7.18. The molecule has 1 fully saturated rings. The summed E-state index contributed by atoms with van der Waals surface area (Å²) in [4.78, 5) is 26.0. The monoisotopic (exact) mass is 370 g/mol. The molecular weight excluding hydrogens is 356 g/mol. The topological polar surface area (TPSA) is 41.3 Å². The van der Waals surface area contributed by atoms with E-state index in [2.05, 4.69) is 0 Å². The zero-order valence-corrected chi connectivity index (χ0v) is 13.8. The molecule has 2 amide bonds. The molecule has 0 saturated carbocycles. The number of rotatable bonds is 3. The van der Waals surface area contributed by atoms with Crippen LogP contribution in [0.1, 0.15) is 12.8 Å². The number of nitrogens with zero attached hydrogens (tertiary/aromatic N) is 2. The van der Waals surface area contributed by atoms with Crippen molar-refractivity contribution in [1.29, 1.82) is 0 Å². The third-order valence-electron chi connectivity index (χ3n) is 4.02. The molecule has 0 aromatic carbocycles. The average molecular weight is 372 g/mol. The molecule has 1 aliphatic heterocycles. The number of allylic oxidation sites excluding steroid dienone is 2. The molecule has 1 aromatic rings. The van der Waals surface area contributed by atoms with Crippen molar-refractivity contribution in [3.05, 3.63) is 41.7 Å². The van der Waals surface area contributed by atoms with Crippen molar-refractivity contribution in [2.24, 2.45) is 11.8 Å². The standard InChI is InChI=1S/C15H16ClN2O2.BrH/c16-11-4-5-12-13(10-11)15(20)18(14(12)19)9-8-17-6-2-1-3-7-17;/h1-4,6-7,12-13H,5,8-10H2;1H/q+1;/p-1. The third kappa shape index (κ3) is 3.19. The zero-order chi connectivity index (χ0) is 14.1. The first kappa shape index (κ1) is 16.2. The van der Waals surface area contributed by atoms with Gasteiger partial charge in [0.15, 0.2) is 18.9 Å². The maximum atomic E-state index is 12.3.